The maximum Gasteiger partial charge on any atom is 0.420 e. The summed E-state index contributed by atoms with van der Waals surface area (Å²) in [7, 11) is 2.94. The zero-order valence-corrected chi connectivity index (χ0v) is 24.3. The van der Waals surface area contributed by atoms with E-state index in [0.717, 1.165) is 36.3 Å². The van der Waals surface area contributed by atoms with Gasteiger partial charge in [0, 0.05) is 25.0 Å². The molecule has 1 aliphatic carbocycles. The van der Waals surface area contributed by atoms with Crippen molar-refractivity contribution in [1.82, 2.24) is 15.0 Å². The van der Waals surface area contributed by atoms with Crippen molar-refractivity contribution in [2.45, 2.75) is 51.4 Å². The number of aromatic carboxylic acids is 1. The lowest BCUT2D eigenvalue weighted by molar-refractivity contribution is -0.138. The van der Waals surface area contributed by atoms with Crippen LogP contribution in [0.4, 0.5) is 18.9 Å². The van der Waals surface area contributed by atoms with Crippen LogP contribution in [-0.2, 0) is 27.0 Å². The van der Waals surface area contributed by atoms with Crippen LogP contribution in [0, 0.1) is 11.8 Å². The first-order chi connectivity index (χ1) is 20.0. The van der Waals surface area contributed by atoms with E-state index < -0.39 is 28.8 Å². The van der Waals surface area contributed by atoms with E-state index in [1.54, 1.807) is 0 Å². The Kier molecular flexibility index (Phi) is 10.2. The van der Waals surface area contributed by atoms with E-state index in [2.05, 4.69) is 17.1 Å². The molecule has 0 unspecified atom stereocenters. The van der Waals surface area contributed by atoms with Gasteiger partial charge >= 0.3 is 12.1 Å². The number of aromatic nitrogens is 3. The largest absolute Gasteiger partial charge is 0.478 e. The summed E-state index contributed by atoms with van der Waals surface area (Å²) in [5.74, 6) is -1.55. The number of rotatable bonds is 12. The molecule has 228 valence electrons. The highest BCUT2D eigenvalue weighted by atomic mass is 32.1. The number of carboxylic acids is 1. The first-order valence-electron chi connectivity index (χ1n) is 13.4. The van der Waals surface area contributed by atoms with Gasteiger partial charge in [0.2, 0.25) is 5.91 Å². The Labute approximate surface area is 245 Å². The third-order valence-electron chi connectivity index (χ3n) is 7.17. The molecule has 0 radical (unpaired) electrons. The number of carbonyl (C=O) groups is 2. The average molecular weight is 611 g/mol. The van der Waals surface area contributed by atoms with Crippen LogP contribution in [0.3, 0.4) is 0 Å². The summed E-state index contributed by atoms with van der Waals surface area (Å²) in [6, 6.07) is 4.20. The number of ether oxygens (including phenoxy) is 3. The number of nitrogens with zero attached hydrogens (tertiary/aromatic N) is 4. The Bertz CT molecular complexity index is 1350. The summed E-state index contributed by atoms with van der Waals surface area (Å²) in [5.41, 5.74) is -1.21. The minimum absolute atomic E-state index is 0.000818. The van der Waals surface area contributed by atoms with Gasteiger partial charge in [0.25, 0.3) is 0 Å². The number of hydrogen-bond acceptors (Lipinski definition) is 8. The zero-order valence-electron chi connectivity index (χ0n) is 23.5. The van der Waals surface area contributed by atoms with E-state index >= 15 is 0 Å². The molecular formula is C28H33F3N4O6S. The van der Waals surface area contributed by atoms with Gasteiger partial charge in [-0.05, 0) is 55.9 Å². The van der Waals surface area contributed by atoms with Gasteiger partial charge in [0.15, 0.2) is 5.06 Å². The van der Waals surface area contributed by atoms with Crippen LogP contribution in [-0.4, -0.2) is 65.5 Å². The smallest absolute Gasteiger partial charge is 0.420 e. The second kappa shape index (κ2) is 13.7. The van der Waals surface area contributed by atoms with Crippen LogP contribution in [0.1, 0.15) is 53.4 Å². The van der Waals surface area contributed by atoms with Crippen LogP contribution in [0.25, 0.3) is 0 Å². The van der Waals surface area contributed by atoms with Gasteiger partial charge < -0.3 is 24.2 Å². The van der Waals surface area contributed by atoms with E-state index in [1.165, 1.54) is 48.4 Å². The first-order valence-corrected chi connectivity index (χ1v) is 14.2. The molecule has 1 amide bonds. The molecule has 3 aromatic rings. The summed E-state index contributed by atoms with van der Waals surface area (Å²) in [6.45, 7) is 2.30. The van der Waals surface area contributed by atoms with E-state index in [0.29, 0.717) is 23.6 Å². The summed E-state index contributed by atoms with van der Waals surface area (Å²) < 4.78 is 57.9. The molecule has 4 rings (SSSR count). The van der Waals surface area contributed by atoms with Gasteiger partial charge in [0.1, 0.15) is 11.3 Å². The van der Waals surface area contributed by atoms with Gasteiger partial charge in [-0.1, -0.05) is 6.92 Å². The minimum atomic E-state index is -4.72. The predicted molar refractivity (Wildman–Crippen MR) is 148 cm³/mol. The van der Waals surface area contributed by atoms with Crippen molar-refractivity contribution in [2.24, 2.45) is 11.8 Å². The van der Waals surface area contributed by atoms with E-state index in [1.807, 2.05) is 0 Å². The third-order valence-corrected chi connectivity index (χ3v) is 8.17. The standard InChI is InChI=1S/C28H33F3N4O6S/c1-17-4-6-18(7-5-17)25(36)35(19(15-39-2)16-40-3)24-9-8-20(12-22(24)26(37)38)41-27-23(28(29,30)31)13-21(42-27)14-34-32-10-11-33-34/h8-13,17-19H,4-7,14-16H2,1-3H3,(H,37,38)/t17-,18-. The van der Waals surface area contributed by atoms with Crippen molar-refractivity contribution in [1.29, 1.82) is 0 Å². The van der Waals surface area contributed by atoms with Gasteiger partial charge in [-0.3, -0.25) is 4.79 Å². The number of anilines is 1. The predicted octanol–water partition coefficient (Wildman–Crippen LogP) is 5.72. The fourth-order valence-corrected chi connectivity index (χ4v) is 6.10. The Hall–Kier alpha value is -3.49. The van der Waals surface area contributed by atoms with Crippen LogP contribution >= 0.6 is 11.3 Å². The highest BCUT2D eigenvalue weighted by Gasteiger charge is 2.38. The number of carbonyl (C=O) groups excluding carboxylic acids is 1. The first kappa shape index (κ1) is 31.4. The third kappa shape index (κ3) is 7.47. The van der Waals surface area contributed by atoms with Gasteiger partial charge in [0.05, 0.1) is 49.4 Å². The molecule has 0 atom stereocenters. The van der Waals surface area contributed by atoms with E-state index in [4.69, 9.17) is 14.2 Å². The lowest BCUT2D eigenvalue weighted by Crippen LogP contribution is -2.49. The normalized spacial score (nSPS) is 17.4. The topological polar surface area (TPSA) is 116 Å². The molecule has 1 aliphatic rings. The zero-order chi connectivity index (χ0) is 30.4. The van der Waals surface area contributed by atoms with Gasteiger partial charge in [-0.2, -0.15) is 28.2 Å². The number of hydrogen-bond donors (Lipinski definition) is 1. The van der Waals surface area contributed by atoms with Crippen molar-refractivity contribution in [3.63, 3.8) is 0 Å². The average Bonchev–Trinajstić information content (AvgIpc) is 3.60. The summed E-state index contributed by atoms with van der Waals surface area (Å²) in [4.78, 5) is 29.3. The van der Waals surface area contributed by atoms with E-state index in [-0.39, 0.29) is 48.6 Å². The molecule has 10 nitrogen and oxygen atoms in total. The molecule has 1 N–H and O–H groups in total. The summed E-state index contributed by atoms with van der Waals surface area (Å²) in [5, 5.41) is 17.5. The molecule has 1 fully saturated rings. The number of halogens is 3. The molecule has 2 heterocycles. The molecule has 0 saturated heterocycles. The highest BCUT2D eigenvalue weighted by Crippen LogP contribution is 2.44. The Morgan fingerprint density at radius 1 is 1.10 bits per heavy atom. The van der Waals surface area contributed by atoms with Gasteiger partial charge in [-0.15, -0.1) is 11.3 Å². The fraction of sp³-hybridized carbons (Fsp3) is 0.500. The molecular weight excluding hydrogens is 577 g/mol. The minimum Gasteiger partial charge on any atom is -0.478 e. The quantitative estimate of drug-likeness (QED) is 0.277. The highest BCUT2D eigenvalue weighted by molar-refractivity contribution is 7.14. The van der Waals surface area contributed by atoms with Crippen molar-refractivity contribution >= 4 is 28.9 Å². The number of methoxy groups -OCH3 is 2. The van der Waals surface area contributed by atoms with Crippen LogP contribution < -0.4 is 9.64 Å². The second-order valence-electron chi connectivity index (χ2n) is 10.3. The lowest BCUT2D eigenvalue weighted by atomic mass is 9.82. The number of thiophene rings is 1. The summed E-state index contributed by atoms with van der Waals surface area (Å²) >= 11 is 0.758. The second-order valence-corrected chi connectivity index (χ2v) is 11.4. The Balaban J connectivity index is 1.71. The van der Waals surface area contributed by atoms with Crippen LogP contribution in [0.2, 0.25) is 0 Å². The number of carboxylic acid groups (broad SMARTS) is 1. The van der Waals surface area contributed by atoms with Gasteiger partial charge in [-0.25, -0.2) is 4.79 Å². The summed E-state index contributed by atoms with van der Waals surface area (Å²) in [6.07, 6.45) is 1.20. The van der Waals surface area contributed by atoms with Crippen molar-refractivity contribution < 1.29 is 42.1 Å². The SMILES string of the molecule is COCC(COC)N(c1ccc(Oc2sc(Cn3nccn3)cc2C(F)(F)F)cc1C(=O)O)C(=O)[C@H]1CC[C@H](C)CC1. The molecule has 0 spiro atoms. The van der Waals surface area contributed by atoms with Crippen LogP contribution in [0.15, 0.2) is 36.7 Å². The fourth-order valence-electron chi connectivity index (χ4n) is 5.09. The number of amides is 1. The lowest BCUT2D eigenvalue weighted by Gasteiger charge is -2.36. The molecule has 14 heteroatoms. The van der Waals surface area contributed by atoms with Crippen LogP contribution in [0.5, 0.6) is 10.8 Å². The Morgan fingerprint density at radius 3 is 2.31 bits per heavy atom. The van der Waals surface area contributed by atoms with Crippen molar-refractivity contribution in [2.75, 3.05) is 32.3 Å². The van der Waals surface area contributed by atoms with Crippen molar-refractivity contribution in [3.05, 3.63) is 52.7 Å². The number of alkyl halides is 3. The van der Waals surface area contributed by atoms with Crippen molar-refractivity contribution in [3.8, 4) is 10.8 Å². The maximum absolute atomic E-state index is 13.9. The molecule has 0 aliphatic heterocycles. The molecule has 2 aromatic heterocycles. The number of benzene rings is 1. The molecule has 1 aromatic carbocycles. The molecule has 42 heavy (non-hydrogen) atoms. The van der Waals surface area contributed by atoms with E-state index in [9.17, 15) is 27.9 Å². The Morgan fingerprint density at radius 2 is 1.74 bits per heavy atom. The molecule has 1 saturated carbocycles. The maximum atomic E-state index is 13.9. The molecule has 0 bridgehead atoms. The monoisotopic (exact) mass is 610 g/mol.